The lowest BCUT2D eigenvalue weighted by molar-refractivity contribution is -0.297. The molecule has 0 bridgehead atoms. The quantitative estimate of drug-likeness (QED) is 0.559. The van der Waals surface area contributed by atoms with Crippen molar-refractivity contribution in [2.45, 2.75) is 43.9 Å². The lowest BCUT2D eigenvalue weighted by Crippen LogP contribution is -2.41. The molecule has 1 aliphatic rings. The van der Waals surface area contributed by atoms with E-state index in [1.807, 2.05) is 0 Å². The van der Waals surface area contributed by atoms with Gasteiger partial charge in [-0.3, -0.25) is 0 Å². The second kappa shape index (κ2) is 5.95. The van der Waals surface area contributed by atoms with Crippen LogP contribution < -0.4 is 0 Å². The second-order valence-electron chi connectivity index (χ2n) is 4.03. The Hall–Kier alpha value is -0.430. The van der Waals surface area contributed by atoms with E-state index in [0.29, 0.717) is 13.0 Å². The van der Waals surface area contributed by atoms with Crippen LogP contribution in [0.1, 0.15) is 25.7 Å². The molecule has 1 aliphatic heterocycles. The summed E-state index contributed by atoms with van der Waals surface area (Å²) in [5.74, 6) is -4.78. The number of hydrogen-bond acceptors (Lipinski definition) is 2. The molecule has 1 atom stereocenters. The third-order valence-electron chi connectivity index (χ3n) is 2.56. The van der Waals surface area contributed by atoms with E-state index >= 15 is 0 Å². The van der Waals surface area contributed by atoms with Crippen molar-refractivity contribution in [3.63, 3.8) is 0 Å². The summed E-state index contributed by atoms with van der Waals surface area (Å²) >= 11 is 0. The minimum Gasteiger partial charge on any atom is -0.378 e. The normalized spacial score (nSPS) is 22.8. The fourth-order valence-electron chi connectivity index (χ4n) is 1.53. The van der Waals surface area contributed by atoms with Crippen LogP contribution in [-0.4, -0.2) is 38.0 Å². The summed E-state index contributed by atoms with van der Waals surface area (Å²) < 4.78 is 69.8. The molecule has 0 amide bonds. The molecule has 0 spiro atoms. The van der Waals surface area contributed by atoms with Gasteiger partial charge in [0.1, 0.15) is 6.61 Å². The van der Waals surface area contributed by atoms with E-state index in [1.54, 1.807) is 0 Å². The zero-order valence-electron chi connectivity index (χ0n) is 9.23. The first-order valence-electron chi connectivity index (χ1n) is 5.47. The summed E-state index contributed by atoms with van der Waals surface area (Å²) in [5.41, 5.74) is 0. The van der Waals surface area contributed by atoms with Crippen LogP contribution in [-0.2, 0) is 9.47 Å². The summed E-state index contributed by atoms with van der Waals surface area (Å²) in [6.45, 7) is -1.15. The smallest absolute Gasteiger partial charge is 0.378 e. The Labute approximate surface area is 96.1 Å². The molecule has 1 unspecified atom stereocenters. The second-order valence-corrected chi connectivity index (χ2v) is 4.03. The third kappa shape index (κ3) is 4.75. The van der Waals surface area contributed by atoms with Gasteiger partial charge in [0, 0.05) is 13.2 Å². The molecule has 0 N–H and O–H groups in total. The summed E-state index contributed by atoms with van der Waals surface area (Å²) in [7, 11) is 0. The van der Waals surface area contributed by atoms with Gasteiger partial charge in [-0.1, -0.05) is 0 Å². The van der Waals surface area contributed by atoms with Crippen molar-refractivity contribution in [1.29, 1.82) is 0 Å². The molecule has 7 heteroatoms. The van der Waals surface area contributed by atoms with E-state index < -0.39 is 18.7 Å². The van der Waals surface area contributed by atoms with Gasteiger partial charge in [0.2, 0.25) is 0 Å². The van der Waals surface area contributed by atoms with E-state index in [9.17, 15) is 22.0 Å². The zero-order valence-corrected chi connectivity index (χ0v) is 9.23. The van der Waals surface area contributed by atoms with Crippen LogP contribution >= 0.6 is 0 Å². The van der Waals surface area contributed by atoms with Crippen LogP contribution in [0.25, 0.3) is 0 Å². The first-order chi connectivity index (χ1) is 7.83. The van der Waals surface area contributed by atoms with E-state index in [2.05, 4.69) is 4.74 Å². The predicted molar refractivity (Wildman–Crippen MR) is 50.0 cm³/mol. The molecule has 1 fully saturated rings. The molecule has 1 rings (SSSR count). The monoisotopic (exact) mass is 262 g/mol. The minimum atomic E-state index is -5.55. The topological polar surface area (TPSA) is 18.5 Å². The molecule has 0 aromatic heterocycles. The van der Waals surface area contributed by atoms with Crippen LogP contribution in [0, 0.1) is 0 Å². The fraction of sp³-hybridized carbons (Fsp3) is 1.00. The standard InChI is InChI=1S/C10H15F5O2/c11-9(12,10(13,14)15)7-16-6-4-8-3-1-2-5-17-8/h8H,1-7H2. The summed E-state index contributed by atoms with van der Waals surface area (Å²) in [4.78, 5) is 0. The highest BCUT2D eigenvalue weighted by Crippen LogP contribution is 2.35. The van der Waals surface area contributed by atoms with E-state index in [0.717, 1.165) is 19.3 Å². The van der Waals surface area contributed by atoms with E-state index in [4.69, 9.17) is 4.74 Å². The van der Waals surface area contributed by atoms with Crippen molar-refractivity contribution < 1.29 is 31.4 Å². The Morgan fingerprint density at radius 2 is 1.82 bits per heavy atom. The lowest BCUT2D eigenvalue weighted by atomic mass is 10.1. The van der Waals surface area contributed by atoms with Gasteiger partial charge in [0.25, 0.3) is 0 Å². The molecule has 0 aromatic rings. The Balaban J connectivity index is 2.15. The number of rotatable bonds is 5. The van der Waals surface area contributed by atoms with Gasteiger partial charge in [-0.25, -0.2) is 0 Å². The molecule has 0 radical (unpaired) electrons. The summed E-state index contributed by atoms with van der Waals surface area (Å²) in [5, 5.41) is 0. The van der Waals surface area contributed by atoms with Crippen molar-refractivity contribution in [3.8, 4) is 0 Å². The van der Waals surface area contributed by atoms with Crippen molar-refractivity contribution in [2.75, 3.05) is 19.8 Å². The van der Waals surface area contributed by atoms with E-state index in [-0.39, 0.29) is 12.7 Å². The maximum absolute atomic E-state index is 12.4. The molecular weight excluding hydrogens is 247 g/mol. The highest BCUT2D eigenvalue weighted by molar-refractivity contribution is 4.75. The first kappa shape index (κ1) is 14.6. The molecule has 1 heterocycles. The average molecular weight is 262 g/mol. The summed E-state index contributed by atoms with van der Waals surface area (Å²) in [6, 6.07) is 0. The molecule has 1 saturated heterocycles. The SMILES string of the molecule is FC(F)(F)C(F)(F)COCCC1CCCCO1. The molecule has 0 aromatic carbocycles. The lowest BCUT2D eigenvalue weighted by Gasteiger charge is -2.23. The summed E-state index contributed by atoms with van der Waals surface area (Å²) in [6.07, 6.45) is -2.52. The van der Waals surface area contributed by atoms with Gasteiger partial charge in [0.15, 0.2) is 0 Å². The highest BCUT2D eigenvalue weighted by atomic mass is 19.4. The fourth-order valence-corrected chi connectivity index (χ4v) is 1.53. The van der Waals surface area contributed by atoms with Gasteiger partial charge in [-0.15, -0.1) is 0 Å². The van der Waals surface area contributed by atoms with Crippen LogP contribution in [0.4, 0.5) is 22.0 Å². The Morgan fingerprint density at radius 3 is 2.35 bits per heavy atom. The van der Waals surface area contributed by atoms with Crippen LogP contribution in [0.2, 0.25) is 0 Å². The van der Waals surface area contributed by atoms with Crippen LogP contribution in [0.3, 0.4) is 0 Å². The van der Waals surface area contributed by atoms with Crippen molar-refractivity contribution >= 4 is 0 Å². The zero-order chi connectivity index (χ0) is 12.9. The van der Waals surface area contributed by atoms with Crippen LogP contribution in [0.5, 0.6) is 0 Å². The molecule has 0 saturated carbocycles. The largest absolute Gasteiger partial charge is 0.455 e. The van der Waals surface area contributed by atoms with Gasteiger partial charge in [0.05, 0.1) is 6.10 Å². The van der Waals surface area contributed by atoms with Gasteiger partial charge in [-0.2, -0.15) is 22.0 Å². The molecular formula is C10H15F5O2. The van der Waals surface area contributed by atoms with Gasteiger partial charge in [-0.05, 0) is 25.7 Å². The van der Waals surface area contributed by atoms with Crippen molar-refractivity contribution in [1.82, 2.24) is 0 Å². The van der Waals surface area contributed by atoms with E-state index in [1.165, 1.54) is 0 Å². The van der Waals surface area contributed by atoms with Crippen LogP contribution in [0.15, 0.2) is 0 Å². The molecule has 0 aliphatic carbocycles. The molecule has 102 valence electrons. The first-order valence-corrected chi connectivity index (χ1v) is 5.47. The van der Waals surface area contributed by atoms with Crippen molar-refractivity contribution in [3.05, 3.63) is 0 Å². The third-order valence-corrected chi connectivity index (χ3v) is 2.56. The molecule has 2 nitrogen and oxygen atoms in total. The van der Waals surface area contributed by atoms with Gasteiger partial charge >= 0.3 is 12.1 Å². The Bertz CT molecular complexity index is 223. The number of halogens is 5. The highest BCUT2D eigenvalue weighted by Gasteiger charge is 2.57. The Morgan fingerprint density at radius 1 is 1.12 bits per heavy atom. The van der Waals surface area contributed by atoms with Crippen molar-refractivity contribution in [2.24, 2.45) is 0 Å². The minimum absolute atomic E-state index is 0.0803. The molecule has 17 heavy (non-hydrogen) atoms. The average Bonchev–Trinajstić information content (AvgIpc) is 2.24. The maximum Gasteiger partial charge on any atom is 0.455 e. The predicted octanol–water partition coefficient (Wildman–Crippen LogP) is 3.16. The number of alkyl halides is 5. The maximum atomic E-state index is 12.4. The number of hydrogen-bond donors (Lipinski definition) is 0. The Kier molecular flexibility index (Phi) is 5.12. The van der Waals surface area contributed by atoms with Gasteiger partial charge < -0.3 is 9.47 Å². The number of ether oxygens (including phenoxy) is 2.